The van der Waals surface area contributed by atoms with Gasteiger partial charge in [0.15, 0.2) is 17.5 Å². The summed E-state index contributed by atoms with van der Waals surface area (Å²) in [6.07, 6.45) is 0. The molecule has 0 saturated carbocycles. The Morgan fingerprint density at radius 1 is 0.396 bits per heavy atom. The third-order valence-electron chi connectivity index (χ3n) is 10.9. The molecule has 5 heteroatoms. The summed E-state index contributed by atoms with van der Waals surface area (Å²) in [4.78, 5) is 15.1. The van der Waals surface area contributed by atoms with E-state index in [1.807, 2.05) is 60.7 Å². The summed E-state index contributed by atoms with van der Waals surface area (Å²) in [6, 6.07) is 52.5. The second-order valence-corrected chi connectivity index (χ2v) is 14.4. The first kappa shape index (κ1) is 29.8. The van der Waals surface area contributed by atoms with Crippen LogP contribution in [0.1, 0.15) is 25.0 Å². The average molecular weight is 682 g/mol. The van der Waals surface area contributed by atoms with E-state index in [1.54, 1.807) is 0 Å². The molecule has 0 spiro atoms. The van der Waals surface area contributed by atoms with Crippen LogP contribution in [-0.2, 0) is 5.41 Å². The number of furan rings is 2. The molecule has 1 aliphatic carbocycles. The van der Waals surface area contributed by atoms with Gasteiger partial charge in [0.25, 0.3) is 0 Å². The number of para-hydroxylation sites is 2. The highest BCUT2D eigenvalue weighted by Gasteiger charge is 2.37. The molecule has 0 unspecified atom stereocenters. The highest BCUT2D eigenvalue weighted by molar-refractivity contribution is 6.15. The van der Waals surface area contributed by atoms with Gasteiger partial charge in [0.05, 0.1) is 0 Å². The van der Waals surface area contributed by atoms with E-state index in [9.17, 15) is 0 Å². The van der Waals surface area contributed by atoms with E-state index in [-0.39, 0.29) is 5.41 Å². The van der Waals surface area contributed by atoms with Gasteiger partial charge in [-0.15, -0.1) is 0 Å². The minimum atomic E-state index is -0.181. The van der Waals surface area contributed by atoms with Crippen LogP contribution >= 0.6 is 0 Å². The van der Waals surface area contributed by atoms with E-state index in [0.29, 0.717) is 17.5 Å². The van der Waals surface area contributed by atoms with Gasteiger partial charge < -0.3 is 8.83 Å². The molecule has 0 N–H and O–H groups in total. The number of rotatable bonds is 4. The van der Waals surface area contributed by atoms with Gasteiger partial charge in [-0.25, -0.2) is 15.0 Å². The zero-order chi connectivity index (χ0) is 35.3. The molecule has 3 aromatic heterocycles. The van der Waals surface area contributed by atoms with E-state index in [2.05, 4.69) is 105 Å². The van der Waals surface area contributed by atoms with Crippen molar-refractivity contribution in [1.29, 1.82) is 0 Å². The lowest BCUT2D eigenvalue weighted by Crippen LogP contribution is -2.14. The Morgan fingerprint density at radius 3 is 1.79 bits per heavy atom. The number of hydrogen-bond acceptors (Lipinski definition) is 5. The molecular formula is C48H31N3O2. The molecule has 5 nitrogen and oxygen atoms in total. The molecule has 0 fully saturated rings. The first-order valence-electron chi connectivity index (χ1n) is 17.9. The van der Waals surface area contributed by atoms with Gasteiger partial charge in [-0.3, -0.25) is 0 Å². The second-order valence-electron chi connectivity index (χ2n) is 14.4. The predicted octanol–water partition coefficient (Wildman–Crippen LogP) is 12.6. The maximum Gasteiger partial charge on any atom is 0.164 e. The van der Waals surface area contributed by atoms with Crippen LogP contribution in [0.4, 0.5) is 0 Å². The summed E-state index contributed by atoms with van der Waals surface area (Å²) < 4.78 is 12.5. The van der Waals surface area contributed by atoms with Crippen molar-refractivity contribution in [3.8, 4) is 56.4 Å². The van der Waals surface area contributed by atoms with Crippen LogP contribution < -0.4 is 0 Å². The Hall–Kier alpha value is -6.85. The maximum atomic E-state index is 6.29. The van der Waals surface area contributed by atoms with E-state index < -0.39 is 0 Å². The third kappa shape index (κ3) is 4.54. The van der Waals surface area contributed by atoms with E-state index >= 15 is 0 Å². The molecule has 0 amide bonds. The fraction of sp³-hybridized carbons (Fsp3) is 0.0625. The van der Waals surface area contributed by atoms with Crippen molar-refractivity contribution in [1.82, 2.24) is 15.0 Å². The van der Waals surface area contributed by atoms with E-state index in [4.69, 9.17) is 23.8 Å². The molecule has 11 rings (SSSR count). The number of benzene rings is 7. The van der Waals surface area contributed by atoms with Crippen LogP contribution in [0, 0.1) is 0 Å². The van der Waals surface area contributed by atoms with Crippen LogP contribution in [0.15, 0.2) is 160 Å². The van der Waals surface area contributed by atoms with Gasteiger partial charge in [-0.1, -0.05) is 123 Å². The normalized spacial score (nSPS) is 13.2. The van der Waals surface area contributed by atoms with Crippen molar-refractivity contribution in [3.05, 3.63) is 163 Å². The van der Waals surface area contributed by atoms with Gasteiger partial charge in [0, 0.05) is 43.7 Å². The van der Waals surface area contributed by atoms with Crippen LogP contribution in [0.3, 0.4) is 0 Å². The molecule has 0 saturated heterocycles. The summed E-state index contributed by atoms with van der Waals surface area (Å²) >= 11 is 0. The second kappa shape index (κ2) is 11.1. The summed E-state index contributed by atoms with van der Waals surface area (Å²) in [5.74, 6) is 1.83. The first-order chi connectivity index (χ1) is 26.0. The van der Waals surface area contributed by atoms with Crippen molar-refractivity contribution in [2.75, 3.05) is 0 Å². The van der Waals surface area contributed by atoms with Crippen molar-refractivity contribution >= 4 is 43.9 Å². The molecule has 0 bridgehead atoms. The van der Waals surface area contributed by atoms with Crippen LogP contribution in [0.2, 0.25) is 0 Å². The molecule has 1 aliphatic rings. The summed E-state index contributed by atoms with van der Waals surface area (Å²) in [7, 11) is 0. The zero-order valence-electron chi connectivity index (χ0n) is 29.1. The quantitative estimate of drug-likeness (QED) is 0.185. The lowest BCUT2D eigenvalue weighted by molar-refractivity contribution is 0.657. The molecule has 53 heavy (non-hydrogen) atoms. The largest absolute Gasteiger partial charge is 0.456 e. The number of fused-ring (bicyclic) bond motifs is 10. The highest BCUT2D eigenvalue weighted by atomic mass is 16.3. The van der Waals surface area contributed by atoms with Crippen molar-refractivity contribution < 1.29 is 8.83 Å². The maximum absolute atomic E-state index is 6.29. The minimum absolute atomic E-state index is 0.181. The predicted molar refractivity (Wildman–Crippen MR) is 214 cm³/mol. The lowest BCUT2D eigenvalue weighted by atomic mass is 9.81. The molecule has 0 atom stereocenters. The van der Waals surface area contributed by atoms with Gasteiger partial charge >= 0.3 is 0 Å². The van der Waals surface area contributed by atoms with Crippen molar-refractivity contribution in [2.45, 2.75) is 19.3 Å². The fourth-order valence-electron chi connectivity index (χ4n) is 8.27. The average Bonchev–Trinajstić information content (AvgIpc) is 3.85. The molecular weight excluding hydrogens is 651 g/mol. The molecule has 10 aromatic rings. The standard InChI is InChI=1S/C48H31N3O2/c1-48(2)37-23-24-41-44(36-16-7-9-18-40(36)52-41)43(37)35-22-19-30(26-38(35)48)29-13-10-14-31(25-29)46-49-45(28-11-4-3-5-12-28)50-47(51-46)32-20-21-34-33-15-6-8-17-39(33)53-42(34)27-32/h3-27H,1-2H3. The van der Waals surface area contributed by atoms with Gasteiger partial charge in [0.1, 0.15) is 22.3 Å². The van der Waals surface area contributed by atoms with Crippen LogP contribution in [-0.4, -0.2) is 15.0 Å². The van der Waals surface area contributed by atoms with Gasteiger partial charge in [-0.2, -0.15) is 0 Å². The number of aromatic nitrogens is 3. The van der Waals surface area contributed by atoms with Crippen molar-refractivity contribution in [2.24, 2.45) is 0 Å². The molecule has 3 heterocycles. The Kier molecular flexibility index (Phi) is 6.23. The van der Waals surface area contributed by atoms with E-state index in [1.165, 1.54) is 27.6 Å². The Bertz CT molecular complexity index is 3100. The Labute approximate surface area is 305 Å². The monoisotopic (exact) mass is 681 g/mol. The van der Waals surface area contributed by atoms with Gasteiger partial charge in [-0.05, 0) is 75.8 Å². The number of nitrogens with zero attached hydrogens (tertiary/aromatic N) is 3. The molecule has 7 aromatic carbocycles. The summed E-state index contributed by atoms with van der Waals surface area (Å²) in [6.45, 7) is 4.65. The van der Waals surface area contributed by atoms with Crippen LogP contribution in [0.25, 0.3) is 100 Å². The summed E-state index contributed by atoms with van der Waals surface area (Å²) in [5, 5.41) is 4.51. The zero-order valence-corrected chi connectivity index (χ0v) is 29.1. The highest BCUT2D eigenvalue weighted by Crippen LogP contribution is 2.53. The Morgan fingerprint density at radius 2 is 0.981 bits per heavy atom. The lowest BCUT2D eigenvalue weighted by Gasteiger charge is -2.22. The summed E-state index contributed by atoms with van der Waals surface area (Å²) in [5.41, 5.74) is 13.5. The van der Waals surface area contributed by atoms with E-state index in [0.717, 1.165) is 66.3 Å². The topological polar surface area (TPSA) is 65.0 Å². The minimum Gasteiger partial charge on any atom is -0.456 e. The smallest absolute Gasteiger partial charge is 0.164 e. The fourth-order valence-corrected chi connectivity index (χ4v) is 8.27. The third-order valence-corrected chi connectivity index (χ3v) is 10.9. The molecule has 250 valence electrons. The Balaban J connectivity index is 1.03. The van der Waals surface area contributed by atoms with Gasteiger partial charge in [0.2, 0.25) is 0 Å². The number of hydrogen-bond donors (Lipinski definition) is 0. The van der Waals surface area contributed by atoms with Crippen molar-refractivity contribution in [3.63, 3.8) is 0 Å². The molecule has 0 aliphatic heterocycles. The first-order valence-corrected chi connectivity index (χ1v) is 17.9. The van der Waals surface area contributed by atoms with Crippen LogP contribution in [0.5, 0.6) is 0 Å². The molecule has 0 radical (unpaired) electrons. The SMILES string of the molecule is CC1(C)c2cc(-c3cccc(-c4nc(-c5ccccc5)nc(-c5ccc6c(c5)oc5ccccc56)n4)c3)ccc2-c2c1ccc1oc3ccccc3c21.